The van der Waals surface area contributed by atoms with Gasteiger partial charge in [-0.15, -0.1) is 0 Å². The fourth-order valence-electron chi connectivity index (χ4n) is 4.53. The van der Waals surface area contributed by atoms with E-state index >= 15 is 0 Å². The molecule has 4 nitrogen and oxygen atoms in total. The Kier molecular flexibility index (Phi) is 3.69. The number of halogens is 1. The first-order valence-electron chi connectivity index (χ1n) is 9.02. The van der Waals surface area contributed by atoms with Crippen LogP contribution in [0, 0.1) is 16.0 Å². The molecule has 0 unspecified atom stereocenters. The molecule has 5 heteroatoms. The van der Waals surface area contributed by atoms with E-state index in [0.29, 0.717) is 5.02 Å². The largest absolute Gasteiger partial charge is 0.377 e. The predicted molar refractivity (Wildman–Crippen MR) is 108 cm³/mol. The first kappa shape index (κ1) is 16.3. The van der Waals surface area contributed by atoms with Crippen molar-refractivity contribution >= 4 is 33.7 Å². The average Bonchev–Trinajstić information content (AvgIpc) is 3.17. The molecular weight excluding hydrogens is 360 g/mol. The Bertz CT molecular complexity index is 1110. The number of nitrogens with one attached hydrogen (secondary N) is 1. The fraction of sp³-hybridized carbons (Fsp3) is 0.182. The van der Waals surface area contributed by atoms with Gasteiger partial charge in [0.2, 0.25) is 0 Å². The van der Waals surface area contributed by atoms with Crippen LogP contribution < -0.4 is 5.32 Å². The number of allylic oxidation sites excluding steroid dienone is 2. The second-order valence-electron chi connectivity index (χ2n) is 7.19. The van der Waals surface area contributed by atoms with Gasteiger partial charge in [0, 0.05) is 39.7 Å². The van der Waals surface area contributed by atoms with E-state index in [0.717, 1.165) is 17.7 Å². The van der Waals surface area contributed by atoms with E-state index in [2.05, 4.69) is 41.7 Å². The molecule has 0 aromatic heterocycles. The minimum Gasteiger partial charge on any atom is -0.377 e. The molecule has 3 aromatic carbocycles. The Morgan fingerprint density at radius 3 is 2.78 bits per heavy atom. The van der Waals surface area contributed by atoms with Crippen LogP contribution in [0.2, 0.25) is 5.02 Å². The van der Waals surface area contributed by atoms with Gasteiger partial charge in [0.15, 0.2) is 0 Å². The lowest BCUT2D eigenvalue weighted by molar-refractivity contribution is -0.384. The Labute approximate surface area is 161 Å². The number of nitro groups is 1. The summed E-state index contributed by atoms with van der Waals surface area (Å²) in [7, 11) is 0. The third kappa shape index (κ3) is 2.52. The topological polar surface area (TPSA) is 55.2 Å². The molecule has 0 saturated heterocycles. The fourth-order valence-corrected chi connectivity index (χ4v) is 4.77. The highest BCUT2D eigenvalue weighted by Gasteiger charge is 2.39. The first-order chi connectivity index (χ1) is 13.1. The summed E-state index contributed by atoms with van der Waals surface area (Å²) < 4.78 is 0. The molecule has 1 N–H and O–H groups in total. The van der Waals surface area contributed by atoms with E-state index < -0.39 is 0 Å². The number of anilines is 1. The molecule has 5 rings (SSSR count). The van der Waals surface area contributed by atoms with Crippen molar-refractivity contribution < 1.29 is 4.92 Å². The van der Waals surface area contributed by atoms with Crippen LogP contribution in [0.25, 0.3) is 10.8 Å². The minimum absolute atomic E-state index is 0.0717. The third-order valence-corrected chi connectivity index (χ3v) is 6.13. The van der Waals surface area contributed by atoms with Crippen molar-refractivity contribution in [3.8, 4) is 0 Å². The van der Waals surface area contributed by atoms with Gasteiger partial charge < -0.3 is 5.32 Å². The molecule has 0 amide bonds. The monoisotopic (exact) mass is 376 g/mol. The zero-order valence-corrected chi connectivity index (χ0v) is 15.2. The molecule has 0 radical (unpaired) electrons. The van der Waals surface area contributed by atoms with Crippen LogP contribution in [-0.4, -0.2) is 4.92 Å². The quantitative estimate of drug-likeness (QED) is 0.327. The van der Waals surface area contributed by atoms with Crippen LogP contribution in [-0.2, 0) is 0 Å². The molecule has 27 heavy (non-hydrogen) atoms. The normalized spacial score (nSPS) is 22.9. The molecule has 0 saturated carbocycles. The van der Waals surface area contributed by atoms with Crippen LogP contribution in [0.1, 0.15) is 29.5 Å². The number of hydrogen-bond acceptors (Lipinski definition) is 3. The highest BCUT2D eigenvalue weighted by Crippen LogP contribution is 2.52. The van der Waals surface area contributed by atoms with Gasteiger partial charge in [0.1, 0.15) is 0 Å². The SMILES string of the molecule is O=[N+]([O-])c1ccc(Cl)c([C@@H]2Nc3c(ccc4ccccc34)[C@@H]3C=CC[C@@H]32)c1. The van der Waals surface area contributed by atoms with E-state index in [1.54, 1.807) is 12.1 Å². The molecule has 0 spiro atoms. The maximum absolute atomic E-state index is 11.3. The number of benzene rings is 3. The summed E-state index contributed by atoms with van der Waals surface area (Å²) in [5.74, 6) is 0.573. The summed E-state index contributed by atoms with van der Waals surface area (Å²) in [6, 6.07) is 17.3. The summed E-state index contributed by atoms with van der Waals surface area (Å²) >= 11 is 6.49. The number of rotatable bonds is 2. The van der Waals surface area contributed by atoms with Crippen LogP contribution >= 0.6 is 11.6 Å². The first-order valence-corrected chi connectivity index (χ1v) is 9.40. The highest BCUT2D eigenvalue weighted by molar-refractivity contribution is 6.31. The van der Waals surface area contributed by atoms with E-state index in [9.17, 15) is 10.1 Å². The standard InChI is InChI=1S/C22H17ClN2O2/c23-20-11-9-14(25(26)27)12-19(20)22-17-7-3-6-16(17)18-10-8-13-4-1-2-5-15(13)21(18)24-22/h1-6,8-12,16-17,22,24H,7H2/t16-,17+,22-/m1/s1. The second-order valence-corrected chi connectivity index (χ2v) is 7.60. The minimum atomic E-state index is -0.365. The van der Waals surface area contributed by atoms with E-state index in [1.807, 2.05) is 12.1 Å². The van der Waals surface area contributed by atoms with E-state index in [-0.39, 0.29) is 28.5 Å². The van der Waals surface area contributed by atoms with Gasteiger partial charge in [-0.3, -0.25) is 10.1 Å². The molecule has 0 fully saturated rings. The van der Waals surface area contributed by atoms with E-state index in [1.165, 1.54) is 22.4 Å². The van der Waals surface area contributed by atoms with Gasteiger partial charge in [-0.05, 0) is 29.4 Å². The summed E-state index contributed by atoms with van der Waals surface area (Å²) in [5.41, 5.74) is 3.25. The van der Waals surface area contributed by atoms with Gasteiger partial charge in [-0.2, -0.15) is 0 Å². The third-order valence-electron chi connectivity index (χ3n) is 5.79. The molecule has 2 aliphatic rings. The van der Waals surface area contributed by atoms with Gasteiger partial charge in [-0.1, -0.05) is 60.2 Å². The van der Waals surface area contributed by atoms with Gasteiger partial charge in [-0.25, -0.2) is 0 Å². The Hall–Kier alpha value is -2.85. The van der Waals surface area contributed by atoms with Crippen molar-refractivity contribution in [2.75, 3.05) is 5.32 Å². The second kappa shape index (κ2) is 6.10. The van der Waals surface area contributed by atoms with Crippen molar-refractivity contribution in [2.45, 2.75) is 18.4 Å². The van der Waals surface area contributed by atoms with Crippen LogP contribution in [0.4, 0.5) is 11.4 Å². The van der Waals surface area contributed by atoms with Crippen molar-refractivity contribution in [1.82, 2.24) is 0 Å². The molecule has 0 bridgehead atoms. The van der Waals surface area contributed by atoms with E-state index in [4.69, 9.17) is 11.6 Å². The lowest BCUT2D eigenvalue weighted by Gasteiger charge is -2.38. The van der Waals surface area contributed by atoms with Gasteiger partial charge in [0.25, 0.3) is 5.69 Å². The molecular formula is C22H17ClN2O2. The molecule has 1 aliphatic heterocycles. The number of hydrogen-bond donors (Lipinski definition) is 1. The number of non-ortho nitro benzene ring substituents is 1. The highest BCUT2D eigenvalue weighted by atomic mass is 35.5. The maximum atomic E-state index is 11.3. The zero-order valence-electron chi connectivity index (χ0n) is 14.4. The van der Waals surface area contributed by atoms with Crippen molar-refractivity contribution in [2.24, 2.45) is 5.92 Å². The Balaban J connectivity index is 1.70. The summed E-state index contributed by atoms with van der Waals surface area (Å²) in [6.07, 6.45) is 5.39. The van der Waals surface area contributed by atoms with Gasteiger partial charge >= 0.3 is 0 Å². The average molecular weight is 377 g/mol. The summed E-state index contributed by atoms with van der Waals surface area (Å²) in [4.78, 5) is 10.9. The number of nitro benzene ring substituents is 1. The maximum Gasteiger partial charge on any atom is 0.269 e. The van der Waals surface area contributed by atoms with Crippen LogP contribution in [0.3, 0.4) is 0 Å². The van der Waals surface area contributed by atoms with Crippen molar-refractivity contribution in [3.63, 3.8) is 0 Å². The van der Waals surface area contributed by atoms with Gasteiger partial charge in [0.05, 0.1) is 11.0 Å². The number of fused-ring (bicyclic) bond motifs is 5. The van der Waals surface area contributed by atoms with Crippen LogP contribution in [0.5, 0.6) is 0 Å². The van der Waals surface area contributed by atoms with Crippen molar-refractivity contribution in [1.29, 1.82) is 0 Å². The number of nitrogens with zero attached hydrogens (tertiary/aromatic N) is 1. The molecule has 1 aliphatic carbocycles. The molecule has 3 aromatic rings. The molecule has 134 valence electrons. The smallest absolute Gasteiger partial charge is 0.269 e. The molecule has 1 heterocycles. The Morgan fingerprint density at radius 2 is 1.93 bits per heavy atom. The summed E-state index contributed by atoms with van der Waals surface area (Å²) in [5, 5.41) is 17.9. The lowest BCUT2D eigenvalue weighted by atomic mass is 9.76. The predicted octanol–water partition coefficient (Wildman–Crippen LogP) is 6.23. The molecule has 3 atom stereocenters. The van der Waals surface area contributed by atoms with Crippen LogP contribution in [0.15, 0.2) is 66.7 Å². The zero-order chi connectivity index (χ0) is 18.5. The van der Waals surface area contributed by atoms with Crippen molar-refractivity contribution in [3.05, 3.63) is 93.0 Å². The Morgan fingerprint density at radius 1 is 1.07 bits per heavy atom. The lowest BCUT2D eigenvalue weighted by Crippen LogP contribution is -2.29. The summed E-state index contributed by atoms with van der Waals surface area (Å²) in [6.45, 7) is 0.